The second-order valence-corrected chi connectivity index (χ2v) is 5.48. The molecule has 0 N–H and O–H groups in total. The van der Waals surface area contributed by atoms with Gasteiger partial charge in [-0.3, -0.25) is 4.98 Å². The number of likely N-dealkylation sites (tertiary alicyclic amines) is 1. The monoisotopic (exact) mass is 262 g/mol. The van der Waals surface area contributed by atoms with Crippen LogP contribution >= 0.6 is 0 Å². The number of rotatable bonds is 6. The molecule has 1 aromatic heterocycles. The molecule has 0 bridgehead atoms. The molecule has 1 fully saturated rings. The summed E-state index contributed by atoms with van der Waals surface area (Å²) in [7, 11) is 0. The molecule has 1 aromatic rings. The third-order valence-corrected chi connectivity index (χ3v) is 3.80. The molecule has 2 rings (SSSR count). The Kier molecular flexibility index (Phi) is 5.80. The average Bonchev–Trinajstić information content (AvgIpc) is 2.39. The van der Waals surface area contributed by atoms with Gasteiger partial charge in [-0.25, -0.2) is 0 Å². The first-order valence-corrected chi connectivity index (χ1v) is 7.50. The van der Waals surface area contributed by atoms with E-state index in [1.165, 1.54) is 31.6 Å². The highest BCUT2D eigenvalue weighted by Gasteiger charge is 2.20. The Balaban J connectivity index is 1.80. The van der Waals surface area contributed by atoms with Gasteiger partial charge in [-0.1, -0.05) is 6.07 Å². The zero-order valence-electron chi connectivity index (χ0n) is 12.3. The molecular formula is C16H26N2O. The highest BCUT2D eigenvalue weighted by Crippen LogP contribution is 2.20. The fourth-order valence-electron chi connectivity index (χ4n) is 2.87. The van der Waals surface area contributed by atoms with Crippen LogP contribution in [-0.4, -0.2) is 42.7 Å². The number of piperidine rings is 1. The van der Waals surface area contributed by atoms with E-state index in [0.29, 0.717) is 0 Å². The van der Waals surface area contributed by atoms with Gasteiger partial charge in [0, 0.05) is 31.1 Å². The third-order valence-electron chi connectivity index (χ3n) is 3.80. The molecule has 1 atom stereocenters. The van der Waals surface area contributed by atoms with E-state index >= 15 is 0 Å². The minimum Gasteiger partial charge on any atom is -0.380 e. The lowest BCUT2D eigenvalue weighted by atomic mass is 9.93. The predicted molar refractivity (Wildman–Crippen MR) is 78.3 cm³/mol. The summed E-state index contributed by atoms with van der Waals surface area (Å²) >= 11 is 0. The van der Waals surface area contributed by atoms with Crippen molar-refractivity contribution < 1.29 is 4.74 Å². The van der Waals surface area contributed by atoms with E-state index in [0.717, 1.165) is 37.8 Å². The Morgan fingerprint density at radius 2 is 2.32 bits per heavy atom. The van der Waals surface area contributed by atoms with Gasteiger partial charge in [0.2, 0.25) is 0 Å². The van der Waals surface area contributed by atoms with Crippen molar-refractivity contribution in [2.45, 2.75) is 33.1 Å². The first-order chi connectivity index (χ1) is 9.28. The average molecular weight is 262 g/mol. The Labute approximate surface area is 117 Å². The largest absolute Gasteiger partial charge is 0.380 e. The maximum absolute atomic E-state index is 5.45. The lowest BCUT2D eigenvalue weighted by Crippen LogP contribution is -2.38. The van der Waals surface area contributed by atoms with Crippen LogP contribution in [-0.2, 0) is 11.2 Å². The Bertz CT molecular complexity index is 381. The number of pyridine rings is 1. The summed E-state index contributed by atoms with van der Waals surface area (Å²) in [4.78, 5) is 7.17. The predicted octanol–water partition coefficient (Wildman–Crippen LogP) is 2.68. The van der Waals surface area contributed by atoms with Crippen LogP contribution in [0.15, 0.2) is 18.2 Å². The van der Waals surface area contributed by atoms with E-state index in [4.69, 9.17) is 4.74 Å². The molecule has 0 aliphatic carbocycles. The maximum atomic E-state index is 5.45. The van der Waals surface area contributed by atoms with Crippen LogP contribution in [0.2, 0.25) is 0 Å². The third kappa shape index (κ3) is 4.92. The van der Waals surface area contributed by atoms with E-state index in [1.807, 2.05) is 0 Å². The number of hydrogen-bond acceptors (Lipinski definition) is 3. The molecule has 0 amide bonds. The Morgan fingerprint density at radius 1 is 1.42 bits per heavy atom. The van der Waals surface area contributed by atoms with Crippen molar-refractivity contribution in [1.29, 1.82) is 0 Å². The van der Waals surface area contributed by atoms with E-state index < -0.39 is 0 Å². The lowest BCUT2D eigenvalue weighted by molar-refractivity contribution is 0.0916. The first-order valence-electron chi connectivity index (χ1n) is 7.50. The van der Waals surface area contributed by atoms with Crippen molar-refractivity contribution in [3.8, 4) is 0 Å². The normalized spacial score (nSPS) is 20.6. The summed E-state index contributed by atoms with van der Waals surface area (Å²) in [5, 5.41) is 0. The van der Waals surface area contributed by atoms with Gasteiger partial charge in [0.25, 0.3) is 0 Å². The summed E-state index contributed by atoms with van der Waals surface area (Å²) in [5.41, 5.74) is 2.37. The highest BCUT2D eigenvalue weighted by atomic mass is 16.5. The van der Waals surface area contributed by atoms with E-state index in [9.17, 15) is 0 Å². The van der Waals surface area contributed by atoms with Crippen LogP contribution < -0.4 is 0 Å². The molecule has 3 heteroatoms. The number of aromatic nitrogens is 1. The first kappa shape index (κ1) is 14.5. The van der Waals surface area contributed by atoms with Gasteiger partial charge in [0.05, 0.1) is 6.61 Å². The molecule has 106 valence electrons. The van der Waals surface area contributed by atoms with Crippen molar-refractivity contribution >= 4 is 0 Å². The quantitative estimate of drug-likeness (QED) is 0.737. The molecule has 0 radical (unpaired) electrons. The second-order valence-electron chi connectivity index (χ2n) is 5.48. The number of hydrogen-bond donors (Lipinski definition) is 0. The fraction of sp³-hybridized carbons (Fsp3) is 0.688. The van der Waals surface area contributed by atoms with Gasteiger partial charge < -0.3 is 9.64 Å². The minimum absolute atomic E-state index is 0.754. The minimum atomic E-state index is 0.754. The van der Waals surface area contributed by atoms with Crippen molar-refractivity contribution in [2.24, 2.45) is 5.92 Å². The topological polar surface area (TPSA) is 25.4 Å². The molecule has 0 saturated carbocycles. The van der Waals surface area contributed by atoms with Crippen molar-refractivity contribution in [3.05, 3.63) is 29.6 Å². The Hall–Kier alpha value is -0.930. The van der Waals surface area contributed by atoms with Gasteiger partial charge in [-0.15, -0.1) is 0 Å². The standard InChI is InChI=1S/C16H26N2O/c1-3-19-11-10-18-9-5-7-15(13-18)12-16-8-4-6-14(2)17-16/h4,6,8,15H,3,5,7,9-13H2,1-2H3. The molecule has 1 unspecified atom stereocenters. The zero-order valence-corrected chi connectivity index (χ0v) is 12.3. The van der Waals surface area contributed by atoms with Crippen LogP contribution in [0.5, 0.6) is 0 Å². The van der Waals surface area contributed by atoms with Crippen molar-refractivity contribution in [2.75, 3.05) is 32.8 Å². The number of ether oxygens (including phenoxy) is 1. The summed E-state index contributed by atoms with van der Waals surface area (Å²) in [6, 6.07) is 6.35. The van der Waals surface area contributed by atoms with E-state index in [-0.39, 0.29) is 0 Å². The van der Waals surface area contributed by atoms with Crippen LogP contribution in [0.25, 0.3) is 0 Å². The van der Waals surface area contributed by atoms with Gasteiger partial charge in [0.1, 0.15) is 0 Å². The van der Waals surface area contributed by atoms with Crippen molar-refractivity contribution in [1.82, 2.24) is 9.88 Å². The van der Waals surface area contributed by atoms with E-state index in [2.05, 4.69) is 41.9 Å². The van der Waals surface area contributed by atoms with Gasteiger partial charge in [-0.2, -0.15) is 0 Å². The molecule has 2 heterocycles. The number of aryl methyl sites for hydroxylation is 1. The molecule has 1 aliphatic rings. The van der Waals surface area contributed by atoms with Gasteiger partial charge >= 0.3 is 0 Å². The summed E-state index contributed by atoms with van der Waals surface area (Å²) < 4.78 is 5.45. The summed E-state index contributed by atoms with van der Waals surface area (Å²) in [6.45, 7) is 9.32. The van der Waals surface area contributed by atoms with Crippen LogP contribution in [0.4, 0.5) is 0 Å². The lowest BCUT2D eigenvalue weighted by Gasteiger charge is -2.32. The van der Waals surface area contributed by atoms with Crippen LogP contribution in [0, 0.1) is 12.8 Å². The zero-order chi connectivity index (χ0) is 13.5. The molecule has 3 nitrogen and oxygen atoms in total. The maximum Gasteiger partial charge on any atom is 0.0593 e. The molecule has 0 spiro atoms. The highest BCUT2D eigenvalue weighted by molar-refractivity contribution is 5.10. The molecule has 19 heavy (non-hydrogen) atoms. The van der Waals surface area contributed by atoms with Gasteiger partial charge in [-0.05, 0) is 57.7 Å². The van der Waals surface area contributed by atoms with E-state index in [1.54, 1.807) is 0 Å². The number of nitrogens with zero attached hydrogens (tertiary/aromatic N) is 2. The molecular weight excluding hydrogens is 236 g/mol. The molecule has 1 saturated heterocycles. The molecule has 1 aliphatic heterocycles. The summed E-state index contributed by atoms with van der Waals surface area (Å²) in [5.74, 6) is 0.754. The SMILES string of the molecule is CCOCCN1CCCC(Cc2cccc(C)n2)C1. The Morgan fingerprint density at radius 3 is 3.11 bits per heavy atom. The smallest absolute Gasteiger partial charge is 0.0593 e. The summed E-state index contributed by atoms with van der Waals surface area (Å²) in [6.07, 6.45) is 3.76. The van der Waals surface area contributed by atoms with Gasteiger partial charge in [0.15, 0.2) is 0 Å². The van der Waals surface area contributed by atoms with Crippen LogP contribution in [0.3, 0.4) is 0 Å². The van der Waals surface area contributed by atoms with Crippen molar-refractivity contribution in [3.63, 3.8) is 0 Å². The molecule has 0 aromatic carbocycles. The fourth-order valence-corrected chi connectivity index (χ4v) is 2.87. The second kappa shape index (κ2) is 7.61. The van der Waals surface area contributed by atoms with Crippen LogP contribution in [0.1, 0.15) is 31.2 Å².